The van der Waals surface area contributed by atoms with E-state index >= 15 is 0 Å². The van der Waals surface area contributed by atoms with Crippen molar-refractivity contribution in [1.82, 2.24) is 0 Å². The zero-order valence-corrected chi connectivity index (χ0v) is 14.1. The molecule has 0 aliphatic carbocycles. The molecule has 0 bridgehead atoms. The van der Waals surface area contributed by atoms with E-state index in [0.29, 0.717) is 12.8 Å². The molecule has 0 aromatic heterocycles. The van der Waals surface area contributed by atoms with Crippen LogP contribution in [0.2, 0.25) is 0 Å². The molecule has 4 nitrogen and oxygen atoms in total. The molecule has 7 heteroatoms. The Labute approximate surface area is 138 Å². The predicted octanol–water partition coefficient (Wildman–Crippen LogP) is -7.21. The van der Waals surface area contributed by atoms with Crippen molar-refractivity contribution < 1.29 is 78.9 Å². The molecule has 0 spiro atoms. The number of hydrogen-bond donors (Lipinski definition) is 0. The van der Waals surface area contributed by atoms with Crippen molar-refractivity contribution in [2.24, 2.45) is 0 Å². The van der Waals surface area contributed by atoms with Crippen LogP contribution in [-0.2, 0) is 9.59 Å². The van der Waals surface area contributed by atoms with Crippen LogP contribution in [0.5, 0.6) is 0 Å². The van der Waals surface area contributed by atoms with Crippen molar-refractivity contribution in [1.29, 1.82) is 0 Å². The van der Waals surface area contributed by atoms with Gasteiger partial charge in [-0.05, 0) is 37.2 Å². The van der Waals surface area contributed by atoms with Crippen molar-refractivity contribution in [3.05, 3.63) is 0 Å². The van der Waals surface area contributed by atoms with Gasteiger partial charge in [-0.1, -0.05) is 0 Å². The second-order valence-electron chi connectivity index (χ2n) is 2.56. The maximum Gasteiger partial charge on any atom is 1.00 e. The first-order chi connectivity index (χ1) is 6.13. The Morgan fingerprint density at radius 2 is 1.20 bits per heavy atom. The van der Waals surface area contributed by atoms with Crippen LogP contribution in [0.15, 0.2) is 0 Å². The number of thioether (sulfide) groups is 1. The Morgan fingerprint density at radius 3 is 1.47 bits per heavy atom. The summed E-state index contributed by atoms with van der Waals surface area (Å²) in [6.07, 6.45) is 1.32. The van der Waals surface area contributed by atoms with Gasteiger partial charge >= 0.3 is 59.1 Å². The van der Waals surface area contributed by atoms with Gasteiger partial charge in [-0.3, -0.25) is 0 Å². The van der Waals surface area contributed by atoms with E-state index in [1.165, 1.54) is 0 Å². The summed E-state index contributed by atoms with van der Waals surface area (Å²) in [7, 11) is 0. The van der Waals surface area contributed by atoms with E-state index in [-0.39, 0.29) is 72.0 Å². The molecule has 0 amide bonds. The van der Waals surface area contributed by atoms with Gasteiger partial charge in [-0.25, -0.2) is 0 Å². The first-order valence-corrected chi connectivity index (χ1v) is 5.26. The molecule has 0 aromatic carbocycles. The maximum absolute atomic E-state index is 9.97. The zero-order valence-electron chi connectivity index (χ0n) is 9.28. The molecule has 0 atom stereocenters. The van der Waals surface area contributed by atoms with Gasteiger partial charge in [0, 0.05) is 11.9 Å². The third-order valence-corrected chi connectivity index (χ3v) is 2.49. The molecule has 0 rings (SSSR count). The maximum atomic E-state index is 9.97. The summed E-state index contributed by atoms with van der Waals surface area (Å²) in [6.45, 7) is 0. The van der Waals surface area contributed by atoms with Crippen LogP contribution in [-0.4, -0.2) is 23.4 Å². The molecule has 0 aromatic rings. The van der Waals surface area contributed by atoms with Gasteiger partial charge in [-0.2, -0.15) is 11.8 Å². The van der Waals surface area contributed by atoms with Crippen LogP contribution in [0.3, 0.4) is 0 Å². The summed E-state index contributed by atoms with van der Waals surface area (Å²) < 4.78 is 0. The van der Waals surface area contributed by atoms with Crippen LogP contribution < -0.4 is 69.3 Å². The molecule has 0 radical (unpaired) electrons. The molecular weight excluding hydrogens is 238 g/mol. The molecule has 15 heavy (non-hydrogen) atoms. The minimum Gasteiger partial charge on any atom is -0.550 e. The van der Waals surface area contributed by atoms with Gasteiger partial charge in [0.15, 0.2) is 0 Å². The van der Waals surface area contributed by atoms with Gasteiger partial charge in [0.1, 0.15) is 0 Å². The van der Waals surface area contributed by atoms with Gasteiger partial charge < -0.3 is 19.8 Å². The Morgan fingerprint density at radius 1 is 0.867 bits per heavy atom. The first-order valence-electron chi connectivity index (χ1n) is 4.10. The number of carboxylic acids is 2. The van der Waals surface area contributed by atoms with Gasteiger partial charge in [0.2, 0.25) is 0 Å². The van der Waals surface area contributed by atoms with E-state index in [0.717, 1.165) is 11.5 Å². The summed E-state index contributed by atoms with van der Waals surface area (Å²) in [5.41, 5.74) is 0. The second kappa shape index (κ2) is 15.3. The third-order valence-electron chi connectivity index (χ3n) is 1.34. The Hall–Kier alpha value is 1.29. The van der Waals surface area contributed by atoms with Crippen LogP contribution >= 0.6 is 11.8 Å². The molecule has 0 heterocycles. The molecule has 0 aliphatic rings. The van der Waals surface area contributed by atoms with Crippen molar-refractivity contribution in [3.63, 3.8) is 0 Å². The summed E-state index contributed by atoms with van der Waals surface area (Å²) in [5, 5.41) is 19.9. The quantitative estimate of drug-likeness (QED) is 0.316. The molecule has 0 saturated carbocycles. The number of hydrogen-bond acceptors (Lipinski definition) is 5. The molecule has 76 valence electrons. The Kier molecular flexibility index (Phi) is 22.0. The summed E-state index contributed by atoms with van der Waals surface area (Å²) in [6, 6.07) is 0. The minimum atomic E-state index is -1.03. The fourth-order valence-electron chi connectivity index (χ4n) is 0.739. The molecular formula is C8H12Na2O4S. The number of carbonyl (C=O) groups is 2. The molecule has 0 fully saturated rings. The largest absolute Gasteiger partial charge is 1.00 e. The number of rotatable bonds is 8. The smallest absolute Gasteiger partial charge is 0.550 e. The van der Waals surface area contributed by atoms with Crippen LogP contribution in [0, 0.1) is 0 Å². The van der Waals surface area contributed by atoms with E-state index in [4.69, 9.17) is 0 Å². The van der Waals surface area contributed by atoms with Crippen molar-refractivity contribution >= 4 is 23.7 Å². The Balaban J connectivity index is -0.000000720. The van der Waals surface area contributed by atoms with Gasteiger partial charge in [-0.15, -0.1) is 0 Å². The van der Waals surface area contributed by atoms with Crippen molar-refractivity contribution in [3.8, 4) is 0 Å². The fourth-order valence-corrected chi connectivity index (χ4v) is 1.64. The van der Waals surface area contributed by atoms with Gasteiger partial charge in [0.05, 0.1) is 0 Å². The van der Waals surface area contributed by atoms with E-state index < -0.39 is 11.9 Å². The number of aliphatic carboxylic acids is 2. The summed E-state index contributed by atoms with van der Waals surface area (Å²) >= 11 is 1.55. The minimum absolute atomic E-state index is 0. The van der Waals surface area contributed by atoms with Crippen LogP contribution in [0.25, 0.3) is 0 Å². The van der Waals surface area contributed by atoms with Crippen molar-refractivity contribution in [2.75, 3.05) is 11.5 Å². The van der Waals surface area contributed by atoms with Crippen LogP contribution in [0.1, 0.15) is 25.7 Å². The standard InChI is InChI=1S/C8H14O4S.2Na/c9-7(10)3-1-5-13-6-2-4-8(11)12;;/h1-6H2,(H,9,10)(H,11,12);;/q;2*+1/p-2. The fraction of sp³-hybridized carbons (Fsp3) is 0.750. The average molecular weight is 250 g/mol. The third kappa shape index (κ3) is 21.2. The van der Waals surface area contributed by atoms with E-state index in [2.05, 4.69) is 0 Å². The SMILES string of the molecule is O=C([O-])CCCSCCCC(=O)[O-].[Na+].[Na+]. The topological polar surface area (TPSA) is 80.3 Å². The Bertz CT molecular complexity index is 160. The first kappa shape index (κ1) is 21.6. The molecule has 0 unspecified atom stereocenters. The predicted molar refractivity (Wildman–Crippen MR) is 45.8 cm³/mol. The molecule has 0 N–H and O–H groups in total. The molecule has 0 aliphatic heterocycles. The van der Waals surface area contributed by atoms with E-state index in [1.807, 2.05) is 0 Å². The van der Waals surface area contributed by atoms with Crippen molar-refractivity contribution in [2.45, 2.75) is 25.7 Å². The van der Waals surface area contributed by atoms with Gasteiger partial charge in [0.25, 0.3) is 0 Å². The average Bonchev–Trinajstić information content (AvgIpc) is 2.01. The zero-order chi connectivity index (χ0) is 10.1. The second-order valence-corrected chi connectivity index (χ2v) is 3.79. The monoisotopic (exact) mass is 250 g/mol. The van der Waals surface area contributed by atoms with Crippen LogP contribution in [0.4, 0.5) is 0 Å². The normalized spacial score (nSPS) is 8.53. The van der Waals surface area contributed by atoms with E-state index in [9.17, 15) is 19.8 Å². The van der Waals surface area contributed by atoms with E-state index in [1.54, 1.807) is 11.8 Å². The number of carbonyl (C=O) groups excluding carboxylic acids is 2. The molecule has 0 saturated heterocycles. The summed E-state index contributed by atoms with van der Waals surface area (Å²) in [5.74, 6) is -0.590. The number of carboxylic acid groups (broad SMARTS) is 2. The summed E-state index contributed by atoms with van der Waals surface area (Å²) in [4.78, 5) is 19.9.